The highest BCUT2D eigenvalue weighted by Gasteiger charge is 2.11. The number of benzene rings is 1. The van der Waals surface area contributed by atoms with Crippen LogP contribution in [0.2, 0.25) is 5.02 Å². The third kappa shape index (κ3) is 5.75. The van der Waals surface area contributed by atoms with Gasteiger partial charge in [0.25, 0.3) is 0 Å². The molecule has 0 saturated heterocycles. The summed E-state index contributed by atoms with van der Waals surface area (Å²) in [6.45, 7) is 6.66. The average Bonchev–Trinajstić information content (AvgIpc) is 2.40. The van der Waals surface area contributed by atoms with Crippen molar-refractivity contribution in [1.29, 1.82) is 0 Å². The number of nitrogens with one attached hydrogen (secondary N) is 1. The van der Waals surface area contributed by atoms with E-state index in [1.54, 1.807) is 12.1 Å². The summed E-state index contributed by atoms with van der Waals surface area (Å²) >= 11 is 5.72. The van der Waals surface area contributed by atoms with E-state index in [0.717, 1.165) is 31.4 Å². The molecule has 0 aliphatic heterocycles. The van der Waals surface area contributed by atoms with Crippen molar-refractivity contribution in [3.8, 4) is 0 Å². The van der Waals surface area contributed by atoms with Crippen molar-refractivity contribution in [2.45, 2.75) is 45.1 Å². The second-order valence-electron chi connectivity index (χ2n) is 4.71. The van der Waals surface area contributed by atoms with Crippen LogP contribution in [0.25, 0.3) is 0 Å². The standard InChI is InChI=1S/C16H23ClFN/c1-3-5-6-7-8-9-16(19-4-2)13-10-11-14(17)15(18)12-13/h3,10-12,16,19H,1,4-9H2,2H3. The van der Waals surface area contributed by atoms with Crippen molar-refractivity contribution in [2.75, 3.05) is 6.54 Å². The monoisotopic (exact) mass is 283 g/mol. The first-order valence-electron chi connectivity index (χ1n) is 6.98. The van der Waals surface area contributed by atoms with Crippen LogP contribution < -0.4 is 5.32 Å². The lowest BCUT2D eigenvalue weighted by Gasteiger charge is -2.18. The minimum Gasteiger partial charge on any atom is -0.310 e. The van der Waals surface area contributed by atoms with Gasteiger partial charge in [0.2, 0.25) is 0 Å². The molecular weight excluding hydrogens is 261 g/mol. The topological polar surface area (TPSA) is 12.0 Å². The van der Waals surface area contributed by atoms with E-state index in [0.29, 0.717) is 0 Å². The van der Waals surface area contributed by atoms with E-state index in [1.165, 1.54) is 12.8 Å². The zero-order valence-electron chi connectivity index (χ0n) is 11.6. The molecule has 0 aliphatic carbocycles. The van der Waals surface area contributed by atoms with E-state index in [2.05, 4.69) is 18.8 Å². The molecule has 1 aromatic rings. The average molecular weight is 284 g/mol. The first-order chi connectivity index (χ1) is 9.19. The van der Waals surface area contributed by atoms with Gasteiger partial charge in [-0.1, -0.05) is 43.5 Å². The summed E-state index contributed by atoms with van der Waals surface area (Å²) in [5.74, 6) is -0.339. The van der Waals surface area contributed by atoms with Crippen LogP contribution in [0.4, 0.5) is 4.39 Å². The van der Waals surface area contributed by atoms with Crippen LogP contribution in [0.1, 0.15) is 50.6 Å². The zero-order valence-corrected chi connectivity index (χ0v) is 12.3. The largest absolute Gasteiger partial charge is 0.310 e. The second kappa shape index (κ2) is 9.11. The van der Waals surface area contributed by atoms with Gasteiger partial charge in [0, 0.05) is 6.04 Å². The van der Waals surface area contributed by atoms with Gasteiger partial charge in [0.05, 0.1) is 5.02 Å². The maximum absolute atomic E-state index is 13.5. The molecule has 0 saturated carbocycles. The van der Waals surface area contributed by atoms with Crippen LogP contribution in [0.5, 0.6) is 0 Å². The van der Waals surface area contributed by atoms with E-state index < -0.39 is 0 Å². The maximum Gasteiger partial charge on any atom is 0.142 e. The minimum absolute atomic E-state index is 0.185. The molecule has 1 atom stereocenters. The molecule has 1 nitrogen and oxygen atoms in total. The Kier molecular flexibility index (Phi) is 7.76. The minimum atomic E-state index is -0.339. The Labute approximate surface area is 120 Å². The van der Waals surface area contributed by atoms with Crippen LogP contribution in [0.3, 0.4) is 0 Å². The van der Waals surface area contributed by atoms with Gasteiger partial charge in [-0.05, 0) is 43.5 Å². The van der Waals surface area contributed by atoms with E-state index in [4.69, 9.17) is 11.6 Å². The van der Waals surface area contributed by atoms with Gasteiger partial charge in [0.15, 0.2) is 0 Å². The predicted octanol–water partition coefficient (Wildman–Crippen LogP) is 5.27. The van der Waals surface area contributed by atoms with Crippen LogP contribution in [-0.4, -0.2) is 6.54 Å². The number of unbranched alkanes of at least 4 members (excludes halogenated alkanes) is 3. The van der Waals surface area contributed by atoms with Crippen molar-refractivity contribution in [3.05, 3.63) is 47.3 Å². The molecule has 1 aromatic carbocycles. The third-order valence-corrected chi connectivity index (χ3v) is 3.50. The smallest absolute Gasteiger partial charge is 0.142 e. The highest BCUT2D eigenvalue weighted by molar-refractivity contribution is 6.30. The van der Waals surface area contributed by atoms with Gasteiger partial charge in [-0.15, -0.1) is 6.58 Å². The summed E-state index contributed by atoms with van der Waals surface area (Å²) in [7, 11) is 0. The maximum atomic E-state index is 13.5. The van der Waals surface area contributed by atoms with Gasteiger partial charge in [0.1, 0.15) is 5.82 Å². The summed E-state index contributed by atoms with van der Waals surface area (Å²) in [4.78, 5) is 0. The van der Waals surface area contributed by atoms with Gasteiger partial charge in [-0.25, -0.2) is 4.39 Å². The van der Waals surface area contributed by atoms with Gasteiger partial charge in [-0.2, -0.15) is 0 Å². The van der Waals surface area contributed by atoms with Crippen LogP contribution >= 0.6 is 11.6 Å². The number of hydrogen-bond donors (Lipinski definition) is 1. The fourth-order valence-corrected chi connectivity index (χ4v) is 2.29. The summed E-state index contributed by atoms with van der Waals surface area (Å²) < 4.78 is 13.5. The Balaban J connectivity index is 2.55. The zero-order chi connectivity index (χ0) is 14.1. The molecule has 0 bridgehead atoms. The Morgan fingerprint density at radius 2 is 2.16 bits per heavy atom. The highest BCUT2D eigenvalue weighted by atomic mass is 35.5. The lowest BCUT2D eigenvalue weighted by molar-refractivity contribution is 0.481. The summed E-state index contributed by atoms with van der Waals surface area (Å²) in [6.07, 6.45) is 7.54. The van der Waals surface area contributed by atoms with Crippen LogP contribution in [0, 0.1) is 5.82 Å². The molecule has 0 spiro atoms. The molecule has 1 rings (SSSR count). The van der Waals surface area contributed by atoms with Crippen LogP contribution in [0.15, 0.2) is 30.9 Å². The lowest BCUT2D eigenvalue weighted by Crippen LogP contribution is -2.21. The molecule has 3 heteroatoms. The Morgan fingerprint density at radius 3 is 2.79 bits per heavy atom. The third-order valence-electron chi connectivity index (χ3n) is 3.20. The van der Waals surface area contributed by atoms with Crippen molar-refractivity contribution in [2.24, 2.45) is 0 Å². The number of hydrogen-bond acceptors (Lipinski definition) is 1. The Hall–Kier alpha value is -0.860. The van der Waals surface area contributed by atoms with Crippen LogP contribution in [-0.2, 0) is 0 Å². The number of halogens is 2. The van der Waals surface area contributed by atoms with Crippen molar-refractivity contribution in [3.63, 3.8) is 0 Å². The molecule has 0 fully saturated rings. The molecule has 1 N–H and O–H groups in total. The van der Waals surface area contributed by atoms with E-state index >= 15 is 0 Å². The van der Waals surface area contributed by atoms with Crippen molar-refractivity contribution >= 4 is 11.6 Å². The lowest BCUT2D eigenvalue weighted by atomic mass is 10.00. The summed E-state index contributed by atoms with van der Waals surface area (Å²) in [6, 6.07) is 5.29. The predicted molar refractivity (Wildman–Crippen MR) is 81.1 cm³/mol. The fourth-order valence-electron chi connectivity index (χ4n) is 2.18. The van der Waals surface area contributed by atoms with Gasteiger partial charge >= 0.3 is 0 Å². The molecule has 106 valence electrons. The molecule has 19 heavy (non-hydrogen) atoms. The molecular formula is C16H23ClFN. The highest BCUT2D eigenvalue weighted by Crippen LogP contribution is 2.24. The molecule has 0 heterocycles. The first-order valence-corrected chi connectivity index (χ1v) is 7.36. The quantitative estimate of drug-likeness (QED) is 0.481. The molecule has 0 aliphatic rings. The summed E-state index contributed by atoms with van der Waals surface area (Å²) in [5.41, 5.74) is 0.979. The van der Waals surface area contributed by atoms with Crippen molar-refractivity contribution < 1.29 is 4.39 Å². The number of allylic oxidation sites excluding steroid dienone is 1. The first kappa shape index (κ1) is 16.2. The SMILES string of the molecule is C=CCCCCCC(NCC)c1ccc(Cl)c(F)c1. The molecule has 1 unspecified atom stereocenters. The van der Waals surface area contributed by atoms with E-state index in [-0.39, 0.29) is 16.9 Å². The second-order valence-corrected chi connectivity index (χ2v) is 5.12. The normalized spacial score (nSPS) is 12.4. The summed E-state index contributed by atoms with van der Waals surface area (Å²) in [5, 5.41) is 3.59. The Morgan fingerprint density at radius 1 is 1.37 bits per heavy atom. The van der Waals surface area contributed by atoms with E-state index in [1.807, 2.05) is 12.1 Å². The van der Waals surface area contributed by atoms with Gasteiger partial charge in [-0.3, -0.25) is 0 Å². The van der Waals surface area contributed by atoms with E-state index in [9.17, 15) is 4.39 Å². The molecule has 0 amide bonds. The molecule has 0 radical (unpaired) electrons. The fraction of sp³-hybridized carbons (Fsp3) is 0.500. The van der Waals surface area contributed by atoms with Gasteiger partial charge < -0.3 is 5.32 Å². The Bertz CT molecular complexity index is 392. The number of rotatable bonds is 9. The van der Waals surface area contributed by atoms with Crippen molar-refractivity contribution in [1.82, 2.24) is 5.32 Å². The molecule has 0 aromatic heterocycles.